The molecule has 63 heavy (non-hydrogen) atoms. The van der Waals surface area contributed by atoms with Crippen LogP contribution in [-0.2, 0) is 42.7 Å². The standard InChI is InChI=1S/C45H53F3N8O7/c1-49-43(61)54-12-9-30-32(21-51(2)41(59)33(30)23-54)27-15-36(62-3)34(37(16-27)63-4)22-52-18-28(19-52)39(45(46,47)48)53-13-10-44(11-14-53)24-55(25-44)29-6-5-26-20-56(42(60)31(26)17-29)35-7-8-38(57)50-40(35)58/h5-6,15-17,21,28,35,39H,7-14,18-20,22-25H2,1-4H3,(H,49,61)(H,50,57,58). The number of nitrogens with zero attached hydrogens (tertiary/aromatic N) is 6. The maximum absolute atomic E-state index is 14.9. The van der Waals surface area contributed by atoms with Crippen LogP contribution in [0.2, 0.25) is 0 Å². The van der Waals surface area contributed by atoms with Crippen LogP contribution in [0.5, 0.6) is 11.5 Å². The van der Waals surface area contributed by atoms with E-state index in [-0.39, 0.29) is 54.9 Å². The molecule has 9 rings (SSSR count). The lowest BCUT2D eigenvalue weighted by atomic mass is 9.71. The maximum Gasteiger partial charge on any atom is 0.404 e. The molecule has 6 aliphatic rings. The third kappa shape index (κ3) is 7.68. The fraction of sp³-hybridized carbons (Fsp3) is 0.533. The lowest BCUT2D eigenvalue weighted by Gasteiger charge is -2.57. The second-order valence-electron chi connectivity index (χ2n) is 18.1. The molecule has 1 aromatic heterocycles. The lowest BCUT2D eigenvalue weighted by molar-refractivity contribution is -0.217. The minimum absolute atomic E-state index is 0.0982. The van der Waals surface area contributed by atoms with Crippen LogP contribution in [0, 0.1) is 11.3 Å². The highest BCUT2D eigenvalue weighted by atomic mass is 19.4. The molecule has 2 unspecified atom stereocenters. The number of amides is 5. The molecule has 0 radical (unpaired) electrons. The number of alkyl halides is 3. The number of piperidine rings is 2. The van der Waals surface area contributed by atoms with Crippen LogP contribution in [0.15, 0.2) is 41.3 Å². The number of halogens is 3. The summed E-state index contributed by atoms with van der Waals surface area (Å²) in [4.78, 5) is 72.1. The number of carbonyl (C=O) groups excluding carboxylic acids is 4. The largest absolute Gasteiger partial charge is 0.496 e. The molecule has 4 saturated heterocycles. The van der Waals surface area contributed by atoms with Gasteiger partial charge < -0.3 is 34.1 Å². The predicted molar refractivity (Wildman–Crippen MR) is 225 cm³/mol. The van der Waals surface area contributed by atoms with Crippen LogP contribution in [0.3, 0.4) is 0 Å². The molecule has 0 aliphatic carbocycles. The zero-order valence-corrected chi connectivity index (χ0v) is 36.0. The summed E-state index contributed by atoms with van der Waals surface area (Å²) in [7, 11) is 6.33. The summed E-state index contributed by atoms with van der Waals surface area (Å²) in [6.07, 6.45) is -0.354. The van der Waals surface area contributed by atoms with Crippen molar-refractivity contribution in [3.8, 4) is 22.6 Å². The Bertz CT molecular complexity index is 2390. The Balaban J connectivity index is 0.827. The van der Waals surface area contributed by atoms with Crippen molar-refractivity contribution in [2.75, 3.05) is 72.0 Å². The van der Waals surface area contributed by atoms with Crippen molar-refractivity contribution < 1.29 is 41.8 Å². The molecule has 7 heterocycles. The number of pyridine rings is 1. The van der Waals surface area contributed by atoms with Gasteiger partial charge >= 0.3 is 12.2 Å². The van der Waals surface area contributed by atoms with Gasteiger partial charge in [-0.3, -0.25) is 34.3 Å². The number of aromatic nitrogens is 1. The molecule has 3 aromatic rings. The number of ether oxygens (including phenoxy) is 2. The van der Waals surface area contributed by atoms with E-state index in [0.29, 0.717) is 94.1 Å². The second-order valence-corrected chi connectivity index (χ2v) is 18.1. The molecule has 18 heteroatoms. The van der Waals surface area contributed by atoms with E-state index in [2.05, 4.69) is 15.5 Å². The molecule has 6 aliphatic heterocycles. The summed E-state index contributed by atoms with van der Waals surface area (Å²) in [6.45, 7) is 3.89. The van der Waals surface area contributed by atoms with Gasteiger partial charge in [-0.25, -0.2) is 4.79 Å². The Morgan fingerprint density at radius 3 is 2.27 bits per heavy atom. The van der Waals surface area contributed by atoms with Crippen molar-refractivity contribution in [2.24, 2.45) is 18.4 Å². The molecule has 4 fully saturated rings. The number of benzene rings is 2. The number of urea groups is 1. The number of hydrogen-bond acceptors (Lipinski definition) is 10. The smallest absolute Gasteiger partial charge is 0.404 e. The predicted octanol–water partition coefficient (Wildman–Crippen LogP) is 3.49. The van der Waals surface area contributed by atoms with Gasteiger partial charge in [-0.05, 0) is 79.7 Å². The Morgan fingerprint density at radius 2 is 1.63 bits per heavy atom. The number of anilines is 1. The quantitative estimate of drug-likeness (QED) is 0.307. The average Bonchev–Trinajstić information content (AvgIpc) is 3.57. The fourth-order valence-electron chi connectivity index (χ4n) is 10.9. The van der Waals surface area contributed by atoms with Crippen LogP contribution in [-0.4, -0.2) is 133 Å². The van der Waals surface area contributed by atoms with Crippen molar-refractivity contribution in [3.05, 3.63) is 74.7 Å². The number of nitrogens with one attached hydrogen (secondary N) is 2. The van der Waals surface area contributed by atoms with E-state index in [9.17, 15) is 37.1 Å². The second kappa shape index (κ2) is 16.2. The van der Waals surface area contributed by atoms with Gasteiger partial charge in [-0.1, -0.05) is 6.07 Å². The van der Waals surface area contributed by atoms with Crippen LogP contribution in [0.4, 0.5) is 23.7 Å². The van der Waals surface area contributed by atoms with E-state index in [4.69, 9.17) is 9.47 Å². The summed E-state index contributed by atoms with van der Waals surface area (Å²) in [5.41, 5.74) is 5.71. The molecule has 5 amide bonds. The third-order valence-corrected chi connectivity index (χ3v) is 14.3. The van der Waals surface area contributed by atoms with E-state index in [1.807, 2.05) is 35.2 Å². The number of likely N-dealkylation sites (tertiary alicyclic amines) is 2. The van der Waals surface area contributed by atoms with E-state index in [0.717, 1.165) is 33.5 Å². The number of aryl methyl sites for hydroxylation is 1. The number of rotatable bonds is 9. The number of fused-ring (bicyclic) bond motifs is 2. The number of hydrogen-bond donors (Lipinski definition) is 2. The first-order valence-corrected chi connectivity index (χ1v) is 21.6. The molecule has 2 aromatic carbocycles. The van der Waals surface area contributed by atoms with E-state index >= 15 is 0 Å². The van der Waals surface area contributed by atoms with Crippen LogP contribution in [0.25, 0.3) is 11.1 Å². The third-order valence-electron chi connectivity index (χ3n) is 14.3. The van der Waals surface area contributed by atoms with Gasteiger partial charge in [0.25, 0.3) is 11.5 Å². The summed E-state index contributed by atoms with van der Waals surface area (Å²) in [6, 6.07) is 7.00. The first-order valence-electron chi connectivity index (χ1n) is 21.6. The van der Waals surface area contributed by atoms with Gasteiger partial charge in [0.1, 0.15) is 23.6 Å². The van der Waals surface area contributed by atoms with Gasteiger partial charge in [0.05, 0.1) is 26.3 Å². The summed E-state index contributed by atoms with van der Waals surface area (Å²) >= 11 is 0. The zero-order valence-electron chi connectivity index (χ0n) is 36.0. The average molecular weight is 875 g/mol. The summed E-state index contributed by atoms with van der Waals surface area (Å²) in [5, 5.41) is 4.96. The van der Waals surface area contributed by atoms with Gasteiger partial charge in [0.15, 0.2) is 0 Å². The van der Waals surface area contributed by atoms with Crippen LogP contribution >= 0.6 is 0 Å². The fourth-order valence-corrected chi connectivity index (χ4v) is 10.9. The van der Waals surface area contributed by atoms with Gasteiger partial charge in [0, 0.05) is 106 Å². The summed E-state index contributed by atoms with van der Waals surface area (Å²) < 4.78 is 58.0. The minimum Gasteiger partial charge on any atom is -0.496 e. The SMILES string of the molecule is CNC(=O)N1CCc2c(-c3cc(OC)c(CN4CC(C(N5CCC6(CC5)CN(c5ccc7c(c5)C(=O)N(C5CCC(=O)NC5=O)C7)C6)C(F)(F)F)C4)c(OC)c3)cn(C)c(=O)c2C1. The molecule has 15 nitrogen and oxygen atoms in total. The topological polar surface area (TPSA) is 149 Å². The van der Waals surface area contributed by atoms with Crippen molar-refractivity contribution in [2.45, 2.75) is 70.0 Å². The molecule has 1 spiro atoms. The highest BCUT2D eigenvalue weighted by Gasteiger charge is 2.55. The lowest BCUT2D eigenvalue weighted by Crippen LogP contribution is -2.66. The Hall–Kier alpha value is -5.62. The van der Waals surface area contributed by atoms with Gasteiger partial charge in [-0.2, -0.15) is 13.2 Å². The first-order chi connectivity index (χ1) is 30.1. The van der Waals surface area contributed by atoms with Crippen molar-refractivity contribution >= 4 is 29.4 Å². The molecule has 336 valence electrons. The monoisotopic (exact) mass is 874 g/mol. The molecular formula is C45H53F3N8O7. The minimum atomic E-state index is -4.39. The van der Waals surface area contributed by atoms with Crippen molar-refractivity contribution in [3.63, 3.8) is 0 Å². The zero-order chi connectivity index (χ0) is 44.5. The molecule has 0 bridgehead atoms. The Labute approximate surface area is 363 Å². The molecule has 0 saturated carbocycles. The van der Waals surface area contributed by atoms with Gasteiger partial charge in [-0.15, -0.1) is 0 Å². The number of imide groups is 1. The first kappa shape index (κ1) is 42.7. The van der Waals surface area contributed by atoms with E-state index in [1.165, 1.54) is 9.47 Å². The van der Waals surface area contributed by atoms with Crippen molar-refractivity contribution in [1.82, 2.24) is 34.8 Å². The molecular weight excluding hydrogens is 822 g/mol. The maximum atomic E-state index is 14.9. The van der Waals surface area contributed by atoms with E-state index in [1.54, 1.807) is 44.3 Å². The number of methoxy groups -OCH3 is 2. The highest BCUT2D eigenvalue weighted by molar-refractivity contribution is 6.05. The molecule has 2 N–H and O–H groups in total. The van der Waals surface area contributed by atoms with Crippen LogP contribution in [0.1, 0.15) is 58.3 Å². The number of carbonyl (C=O) groups is 4. The van der Waals surface area contributed by atoms with E-state index < -0.39 is 30.1 Å². The summed E-state index contributed by atoms with van der Waals surface area (Å²) in [5.74, 6) is -0.551. The normalized spacial score (nSPS) is 22.0. The molecule has 2 atom stereocenters. The van der Waals surface area contributed by atoms with Crippen LogP contribution < -0.4 is 30.6 Å². The Kier molecular flexibility index (Phi) is 11.0. The highest BCUT2D eigenvalue weighted by Crippen LogP contribution is 2.47. The Morgan fingerprint density at radius 1 is 0.937 bits per heavy atom. The van der Waals surface area contributed by atoms with Gasteiger partial charge in [0.2, 0.25) is 11.8 Å². The van der Waals surface area contributed by atoms with Crippen molar-refractivity contribution in [1.29, 1.82) is 0 Å².